The van der Waals surface area contributed by atoms with Crippen LogP contribution in [0.2, 0.25) is 5.02 Å². The molecule has 0 aliphatic rings. The number of alkyl halides is 2. The molecular weight excluding hydrogens is 468 g/mol. The fourth-order valence-corrected chi connectivity index (χ4v) is 3.47. The zero-order valence-corrected chi connectivity index (χ0v) is 17.9. The molecular formula is C20H17BrClF2N3O2. The monoisotopic (exact) mass is 483 g/mol. The average molecular weight is 485 g/mol. The highest BCUT2D eigenvalue weighted by Gasteiger charge is 2.20. The topological polar surface area (TPSA) is 56.2 Å². The lowest BCUT2D eigenvalue weighted by Crippen LogP contribution is -2.16. The van der Waals surface area contributed by atoms with Gasteiger partial charge in [-0.15, -0.1) is 0 Å². The Bertz CT molecular complexity index is 1060. The number of hydrogen-bond donors (Lipinski definition) is 1. The van der Waals surface area contributed by atoms with Gasteiger partial charge in [0.2, 0.25) is 0 Å². The molecule has 0 spiro atoms. The summed E-state index contributed by atoms with van der Waals surface area (Å²) in [5, 5.41) is 7.85. The van der Waals surface area contributed by atoms with Crippen molar-refractivity contribution in [2.75, 3.05) is 5.32 Å². The second kappa shape index (κ2) is 8.92. The SMILES string of the molecule is Cc1nn(Cc2cccc(Cl)c2)c(C)c1NC(=O)c1cc(Br)ccc1OC(F)F. The molecule has 5 nitrogen and oxygen atoms in total. The summed E-state index contributed by atoms with van der Waals surface area (Å²) in [7, 11) is 0. The zero-order chi connectivity index (χ0) is 21.1. The lowest BCUT2D eigenvalue weighted by molar-refractivity contribution is -0.0501. The van der Waals surface area contributed by atoms with E-state index in [-0.39, 0.29) is 11.3 Å². The second-order valence-electron chi connectivity index (χ2n) is 6.31. The Labute approximate surface area is 179 Å². The van der Waals surface area contributed by atoms with E-state index < -0.39 is 12.5 Å². The van der Waals surface area contributed by atoms with Crippen molar-refractivity contribution >= 4 is 39.1 Å². The minimum absolute atomic E-state index is 0.0129. The Morgan fingerprint density at radius 2 is 2.03 bits per heavy atom. The molecule has 0 saturated heterocycles. The number of rotatable bonds is 6. The number of aryl methyl sites for hydroxylation is 1. The predicted octanol–water partition coefficient (Wildman–Crippen LogP) is 5.82. The van der Waals surface area contributed by atoms with Gasteiger partial charge in [0.1, 0.15) is 5.75 Å². The first-order valence-electron chi connectivity index (χ1n) is 8.58. The summed E-state index contributed by atoms with van der Waals surface area (Å²) in [6, 6.07) is 11.7. The largest absolute Gasteiger partial charge is 0.434 e. The molecule has 3 rings (SSSR count). The molecule has 29 heavy (non-hydrogen) atoms. The van der Waals surface area contributed by atoms with E-state index in [1.807, 2.05) is 25.1 Å². The highest BCUT2D eigenvalue weighted by molar-refractivity contribution is 9.10. The van der Waals surface area contributed by atoms with Crippen molar-refractivity contribution < 1.29 is 18.3 Å². The summed E-state index contributed by atoms with van der Waals surface area (Å²) in [6.07, 6.45) is 0. The fraction of sp³-hybridized carbons (Fsp3) is 0.200. The summed E-state index contributed by atoms with van der Waals surface area (Å²) < 4.78 is 32.1. The van der Waals surface area contributed by atoms with E-state index in [9.17, 15) is 13.6 Å². The number of nitrogens with one attached hydrogen (secondary N) is 1. The molecule has 0 atom stereocenters. The van der Waals surface area contributed by atoms with Crippen LogP contribution in [0.5, 0.6) is 5.75 Å². The number of carbonyl (C=O) groups is 1. The summed E-state index contributed by atoms with van der Waals surface area (Å²) in [5.41, 5.74) is 2.79. The van der Waals surface area contributed by atoms with Crippen molar-refractivity contribution in [2.24, 2.45) is 0 Å². The maximum Gasteiger partial charge on any atom is 0.387 e. The minimum atomic E-state index is -3.04. The van der Waals surface area contributed by atoms with E-state index >= 15 is 0 Å². The number of anilines is 1. The number of nitrogens with zero attached hydrogens (tertiary/aromatic N) is 2. The Hall–Kier alpha value is -2.45. The molecule has 9 heteroatoms. The van der Waals surface area contributed by atoms with Crippen molar-refractivity contribution in [3.63, 3.8) is 0 Å². The van der Waals surface area contributed by atoms with Gasteiger partial charge in [0.25, 0.3) is 5.91 Å². The number of aromatic nitrogens is 2. The Morgan fingerprint density at radius 3 is 2.72 bits per heavy atom. The van der Waals surface area contributed by atoms with E-state index in [1.165, 1.54) is 18.2 Å². The second-order valence-corrected chi connectivity index (χ2v) is 7.66. The maximum atomic E-state index is 12.8. The van der Waals surface area contributed by atoms with Crippen LogP contribution in [0.3, 0.4) is 0 Å². The molecule has 0 saturated carbocycles. The number of benzene rings is 2. The van der Waals surface area contributed by atoms with E-state index in [1.54, 1.807) is 17.7 Å². The van der Waals surface area contributed by atoms with Crippen molar-refractivity contribution in [1.29, 1.82) is 0 Å². The highest BCUT2D eigenvalue weighted by Crippen LogP contribution is 2.27. The fourth-order valence-electron chi connectivity index (χ4n) is 2.90. The van der Waals surface area contributed by atoms with Crippen LogP contribution in [0.15, 0.2) is 46.9 Å². The van der Waals surface area contributed by atoms with E-state index in [4.69, 9.17) is 11.6 Å². The third kappa shape index (κ3) is 5.13. The lowest BCUT2D eigenvalue weighted by Gasteiger charge is -2.12. The van der Waals surface area contributed by atoms with Crippen LogP contribution in [0.4, 0.5) is 14.5 Å². The molecule has 0 unspecified atom stereocenters. The van der Waals surface area contributed by atoms with Crippen LogP contribution in [0.1, 0.15) is 27.3 Å². The van der Waals surface area contributed by atoms with Gasteiger partial charge in [-0.2, -0.15) is 13.9 Å². The number of halogens is 4. The number of amides is 1. The van der Waals surface area contributed by atoms with Crippen LogP contribution < -0.4 is 10.1 Å². The molecule has 1 amide bonds. The first-order valence-corrected chi connectivity index (χ1v) is 9.76. The van der Waals surface area contributed by atoms with Gasteiger partial charge in [0.05, 0.1) is 29.2 Å². The third-order valence-electron chi connectivity index (χ3n) is 4.24. The molecule has 1 N–H and O–H groups in total. The van der Waals surface area contributed by atoms with Gasteiger partial charge >= 0.3 is 6.61 Å². The Balaban J connectivity index is 1.86. The first kappa shape index (κ1) is 21.3. The van der Waals surface area contributed by atoms with Crippen molar-refractivity contribution in [3.8, 4) is 5.75 Å². The van der Waals surface area contributed by atoms with Gasteiger partial charge in [-0.1, -0.05) is 39.7 Å². The summed E-state index contributed by atoms with van der Waals surface area (Å²) in [6.45, 7) is 1.01. The van der Waals surface area contributed by atoms with Gasteiger partial charge in [0, 0.05) is 9.50 Å². The smallest absolute Gasteiger partial charge is 0.387 e. The van der Waals surface area contributed by atoms with Crippen LogP contribution in [-0.2, 0) is 6.54 Å². The molecule has 0 radical (unpaired) electrons. The zero-order valence-electron chi connectivity index (χ0n) is 15.5. The van der Waals surface area contributed by atoms with Gasteiger partial charge in [-0.25, -0.2) is 0 Å². The summed E-state index contributed by atoms with van der Waals surface area (Å²) in [5.74, 6) is -0.780. The van der Waals surface area contributed by atoms with Gasteiger partial charge in [-0.3, -0.25) is 9.48 Å². The molecule has 152 valence electrons. The van der Waals surface area contributed by atoms with E-state index in [2.05, 4.69) is 31.1 Å². The molecule has 1 heterocycles. The minimum Gasteiger partial charge on any atom is -0.434 e. The normalized spacial score (nSPS) is 11.0. The average Bonchev–Trinajstić information content (AvgIpc) is 2.90. The van der Waals surface area contributed by atoms with Gasteiger partial charge in [-0.05, 0) is 49.7 Å². The Morgan fingerprint density at radius 1 is 1.28 bits per heavy atom. The van der Waals surface area contributed by atoms with Crippen LogP contribution in [0.25, 0.3) is 0 Å². The van der Waals surface area contributed by atoms with Gasteiger partial charge < -0.3 is 10.1 Å². The molecule has 0 bridgehead atoms. The van der Waals surface area contributed by atoms with E-state index in [0.717, 1.165) is 11.3 Å². The standard InChI is InChI=1S/C20H17BrClF2N3O2/c1-11-18(12(2)27(26-11)10-13-4-3-5-15(22)8-13)25-19(28)16-9-14(21)6-7-17(16)29-20(23)24/h3-9,20H,10H2,1-2H3,(H,25,28). The molecule has 1 aromatic heterocycles. The third-order valence-corrected chi connectivity index (χ3v) is 4.97. The maximum absolute atomic E-state index is 12.8. The van der Waals surface area contributed by atoms with Crippen molar-refractivity contribution in [3.05, 3.63) is 74.5 Å². The summed E-state index contributed by atoms with van der Waals surface area (Å²) >= 11 is 9.27. The molecule has 0 aliphatic carbocycles. The molecule has 0 aliphatic heterocycles. The van der Waals surface area contributed by atoms with Crippen LogP contribution in [0, 0.1) is 13.8 Å². The quantitative estimate of drug-likeness (QED) is 0.480. The number of ether oxygens (including phenoxy) is 1. The summed E-state index contributed by atoms with van der Waals surface area (Å²) in [4.78, 5) is 12.8. The van der Waals surface area contributed by atoms with Crippen LogP contribution >= 0.6 is 27.5 Å². The van der Waals surface area contributed by atoms with Gasteiger partial charge in [0.15, 0.2) is 0 Å². The molecule has 0 fully saturated rings. The Kier molecular flexibility index (Phi) is 6.54. The van der Waals surface area contributed by atoms with Crippen LogP contribution in [-0.4, -0.2) is 22.3 Å². The van der Waals surface area contributed by atoms with Crippen molar-refractivity contribution in [2.45, 2.75) is 27.0 Å². The van der Waals surface area contributed by atoms with Crippen molar-refractivity contribution in [1.82, 2.24) is 9.78 Å². The molecule has 2 aromatic carbocycles. The lowest BCUT2D eigenvalue weighted by atomic mass is 10.1. The highest BCUT2D eigenvalue weighted by atomic mass is 79.9. The van der Waals surface area contributed by atoms with E-state index in [0.29, 0.717) is 27.4 Å². The number of hydrogen-bond acceptors (Lipinski definition) is 3. The molecule has 3 aromatic rings. The predicted molar refractivity (Wildman–Crippen MR) is 111 cm³/mol. The number of carbonyl (C=O) groups excluding carboxylic acids is 1. The first-order chi connectivity index (χ1) is 13.7.